The minimum atomic E-state index is -1.04. The van der Waals surface area contributed by atoms with Gasteiger partial charge in [0, 0.05) is 24.8 Å². The first-order valence-electron chi connectivity index (χ1n) is 8.65. The standard InChI is InChI=1S/C21H20FNO5/c1-27-12-11-23-18(15-5-3-4-6-16(15)22)17(20(25)21(23)26)19(24)13-7-9-14(28-2)10-8-13/h3-10,18,24H,11-12H2,1-2H3/b19-17+/t18-/m1/s1. The number of amides is 1. The van der Waals surface area contributed by atoms with Crippen molar-refractivity contribution in [3.63, 3.8) is 0 Å². The van der Waals surface area contributed by atoms with Gasteiger partial charge in [-0.2, -0.15) is 0 Å². The number of ketones is 1. The lowest BCUT2D eigenvalue weighted by Gasteiger charge is -2.25. The van der Waals surface area contributed by atoms with Crippen LogP contribution in [-0.2, 0) is 14.3 Å². The second-order valence-corrected chi connectivity index (χ2v) is 6.24. The number of methoxy groups -OCH3 is 2. The molecule has 2 aromatic rings. The Morgan fingerprint density at radius 1 is 1.11 bits per heavy atom. The van der Waals surface area contributed by atoms with Gasteiger partial charge in [0.25, 0.3) is 11.7 Å². The minimum Gasteiger partial charge on any atom is -0.507 e. The number of benzene rings is 2. The van der Waals surface area contributed by atoms with Crippen LogP contribution in [0.2, 0.25) is 0 Å². The Balaban J connectivity index is 2.16. The molecule has 3 rings (SSSR count). The van der Waals surface area contributed by atoms with E-state index in [0.717, 1.165) is 0 Å². The normalized spacial score (nSPS) is 18.5. The van der Waals surface area contributed by atoms with E-state index in [1.165, 1.54) is 37.3 Å². The third kappa shape index (κ3) is 3.48. The zero-order chi connectivity index (χ0) is 20.3. The number of aliphatic hydroxyl groups excluding tert-OH is 1. The number of halogens is 1. The van der Waals surface area contributed by atoms with Gasteiger partial charge in [0.2, 0.25) is 0 Å². The van der Waals surface area contributed by atoms with Crippen LogP contribution in [0.25, 0.3) is 5.76 Å². The second kappa shape index (κ2) is 8.22. The van der Waals surface area contributed by atoms with Gasteiger partial charge in [-0.1, -0.05) is 18.2 Å². The number of nitrogens with zero attached hydrogens (tertiary/aromatic N) is 1. The van der Waals surface area contributed by atoms with E-state index in [9.17, 15) is 19.1 Å². The molecule has 1 fully saturated rings. The van der Waals surface area contributed by atoms with Crippen molar-refractivity contribution in [1.82, 2.24) is 4.90 Å². The first kappa shape index (κ1) is 19.6. The molecule has 1 heterocycles. The highest BCUT2D eigenvalue weighted by Crippen LogP contribution is 2.40. The van der Waals surface area contributed by atoms with Gasteiger partial charge in [0.1, 0.15) is 17.3 Å². The molecule has 0 bridgehead atoms. The van der Waals surface area contributed by atoms with Crippen LogP contribution in [0.4, 0.5) is 4.39 Å². The van der Waals surface area contributed by atoms with Crippen molar-refractivity contribution < 1.29 is 28.6 Å². The highest BCUT2D eigenvalue weighted by Gasteiger charge is 2.46. The molecule has 1 N–H and O–H groups in total. The highest BCUT2D eigenvalue weighted by atomic mass is 19.1. The van der Waals surface area contributed by atoms with E-state index in [-0.39, 0.29) is 30.0 Å². The Labute approximate surface area is 161 Å². The fraction of sp³-hybridized carbons (Fsp3) is 0.238. The lowest BCUT2D eigenvalue weighted by molar-refractivity contribution is -0.140. The molecule has 7 heteroatoms. The summed E-state index contributed by atoms with van der Waals surface area (Å²) in [6.07, 6.45) is 0. The molecule has 0 aromatic heterocycles. The fourth-order valence-corrected chi connectivity index (χ4v) is 3.22. The molecule has 1 aliphatic rings. The van der Waals surface area contributed by atoms with Crippen LogP contribution in [0.3, 0.4) is 0 Å². The molecule has 0 radical (unpaired) electrons. The van der Waals surface area contributed by atoms with Gasteiger partial charge in [-0.05, 0) is 30.3 Å². The van der Waals surface area contributed by atoms with Crippen LogP contribution in [0, 0.1) is 5.82 Å². The van der Waals surface area contributed by atoms with Crippen molar-refractivity contribution >= 4 is 17.4 Å². The number of carbonyl (C=O) groups is 2. The van der Waals surface area contributed by atoms with Gasteiger partial charge in [-0.25, -0.2) is 4.39 Å². The molecule has 1 aliphatic heterocycles. The summed E-state index contributed by atoms with van der Waals surface area (Å²) in [4.78, 5) is 26.5. The van der Waals surface area contributed by atoms with E-state index in [1.807, 2.05) is 0 Å². The molecule has 1 atom stereocenters. The summed E-state index contributed by atoms with van der Waals surface area (Å²) < 4.78 is 24.6. The van der Waals surface area contributed by atoms with Gasteiger partial charge in [0.05, 0.1) is 25.3 Å². The van der Waals surface area contributed by atoms with Crippen molar-refractivity contribution in [2.75, 3.05) is 27.4 Å². The predicted molar refractivity (Wildman–Crippen MR) is 100 cm³/mol. The molecule has 28 heavy (non-hydrogen) atoms. The van der Waals surface area contributed by atoms with E-state index in [0.29, 0.717) is 11.3 Å². The third-order valence-corrected chi connectivity index (χ3v) is 4.64. The fourth-order valence-electron chi connectivity index (χ4n) is 3.22. The zero-order valence-electron chi connectivity index (χ0n) is 15.5. The maximum atomic E-state index is 14.5. The first-order valence-corrected chi connectivity index (χ1v) is 8.65. The number of rotatable bonds is 6. The third-order valence-electron chi connectivity index (χ3n) is 4.64. The second-order valence-electron chi connectivity index (χ2n) is 6.24. The molecule has 0 aliphatic carbocycles. The summed E-state index contributed by atoms with van der Waals surface area (Å²) in [6, 6.07) is 11.2. The van der Waals surface area contributed by atoms with Crippen LogP contribution >= 0.6 is 0 Å². The molecular weight excluding hydrogens is 365 g/mol. The van der Waals surface area contributed by atoms with Gasteiger partial charge < -0.3 is 19.5 Å². The number of carbonyl (C=O) groups excluding carboxylic acids is 2. The maximum Gasteiger partial charge on any atom is 0.295 e. The van der Waals surface area contributed by atoms with Crippen LogP contribution in [-0.4, -0.2) is 49.1 Å². The number of hydrogen-bond donors (Lipinski definition) is 1. The van der Waals surface area contributed by atoms with Crippen molar-refractivity contribution in [2.45, 2.75) is 6.04 Å². The topological polar surface area (TPSA) is 76.1 Å². The number of ether oxygens (including phenoxy) is 2. The molecular formula is C21H20FNO5. The Kier molecular flexibility index (Phi) is 5.75. The van der Waals surface area contributed by atoms with Crippen molar-refractivity contribution in [3.05, 3.63) is 71.0 Å². The number of Topliss-reactive ketones (excluding diaryl/α,β-unsaturated/α-hetero) is 1. The smallest absolute Gasteiger partial charge is 0.295 e. The molecule has 1 saturated heterocycles. The van der Waals surface area contributed by atoms with Crippen molar-refractivity contribution in [1.29, 1.82) is 0 Å². The lowest BCUT2D eigenvalue weighted by Crippen LogP contribution is -2.33. The Morgan fingerprint density at radius 2 is 1.79 bits per heavy atom. The first-order chi connectivity index (χ1) is 13.5. The van der Waals surface area contributed by atoms with Crippen molar-refractivity contribution in [3.8, 4) is 5.75 Å². The maximum absolute atomic E-state index is 14.5. The molecule has 2 aromatic carbocycles. The summed E-state index contributed by atoms with van der Waals surface area (Å²) >= 11 is 0. The Bertz CT molecular complexity index is 923. The van der Waals surface area contributed by atoms with Gasteiger partial charge in [-0.15, -0.1) is 0 Å². The molecule has 0 saturated carbocycles. The molecule has 0 unspecified atom stereocenters. The summed E-state index contributed by atoms with van der Waals surface area (Å²) in [5, 5.41) is 10.8. The van der Waals surface area contributed by atoms with Gasteiger partial charge in [0.15, 0.2) is 0 Å². The average Bonchev–Trinajstić information content (AvgIpc) is 2.96. The monoisotopic (exact) mass is 385 g/mol. The Morgan fingerprint density at radius 3 is 2.39 bits per heavy atom. The molecule has 1 amide bonds. The van der Waals surface area contributed by atoms with Gasteiger partial charge >= 0.3 is 0 Å². The highest BCUT2D eigenvalue weighted by molar-refractivity contribution is 6.46. The van der Waals surface area contributed by atoms with E-state index in [1.54, 1.807) is 30.3 Å². The van der Waals surface area contributed by atoms with E-state index < -0.39 is 23.5 Å². The molecule has 6 nitrogen and oxygen atoms in total. The summed E-state index contributed by atoms with van der Waals surface area (Å²) in [5.74, 6) is -2.03. The van der Waals surface area contributed by atoms with Crippen molar-refractivity contribution in [2.24, 2.45) is 0 Å². The zero-order valence-corrected chi connectivity index (χ0v) is 15.5. The van der Waals surface area contributed by atoms with Crippen LogP contribution in [0.5, 0.6) is 5.75 Å². The minimum absolute atomic E-state index is 0.0828. The van der Waals surface area contributed by atoms with Crippen LogP contribution < -0.4 is 4.74 Å². The van der Waals surface area contributed by atoms with E-state index in [2.05, 4.69) is 0 Å². The number of likely N-dealkylation sites (tertiary alicyclic amines) is 1. The van der Waals surface area contributed by atoms with E-state index in [4.69, 9.17) is 9.47 Å². The number of hydrogen-bond acceptors (Lipinski definition) is 5. The quantitative estimate of drug-likeness (QED) is 0.470. The summed E-state index contributed by atoms with van der Waals surface area (Å²) in [7, 11) is 2.97. The van der Waals surface area contributed by atoms with Gasteiger partial charge in [-0.3, -0.25) is 9.59 Å². The Hall–Kier alpha value is -3.19. The van der Waals surface area contributed by atoms with Crippen LogP contribution in [0.15, 0.2) is 54.1 Å². The summed E-state index contributed by atoms with van der Waals surface area (Å²) in [5.41, 5.74) is 0.302. The summed E-state index contributed by atoms with van der Waals surface area (Å²) in [6.45, 7) is 0.250. The average molecular weight is 385 g/mol. The SMILES string of the molecule is COCCN1C(=O)C(=O)/C(=C(/O)c2ccc(OC)cc2)[C@H]1c1ccccc1F. The predicted octanol–water partition coefficient (Wildman–Crippen LogP) is 2.90. The largest absolute Gasteiger partial charge is 0.507 e. The number of aliphatic hydroxyl groups is 1. The molecule has 146 valence electrons. The lowest BCUT2D eigenvalue weighted by atomic mass is 9.95. The van der Waals surface area contributed by atoms with Crippen LogP contribution in [0.1, 0.15) is 17.2 Å². The van der Waals surface area contributed by atoms with E-state index >= 15 is 0 Å². The molecule has 0 spiro atoms.